The number of hydrogen-bond donors (Lipinski definition) is 1. The van der Waals surface area contributed by atoms with Gasteiger partial charge in [0.2, 0.25) is 0 Å². The maximum absolute atomic E-state index is 13.7. The number of nitrogens with zero attached hydrogens (tertiary/aromatic N) is 1. The molecule has 2 aromatic carbocycles. The highest BCUT2D eigenvalue weighted by atomic mass is 32.2. The van der Waals surface area contributed by atoms with E-state index in [0.29, 0.717) is 16.9 Å². The fourth-order valence-corrected chi connectivity index (χ4v) is 4.01. The Balaban J connectivity index is 2.10. The molecule has 0 aliphatic carbocycles. The second-order valence-electron chi connectivity index (χ2n) is 5.57. The predicted molar refractivity (Wildman–Crippen MR) is 98.2 cm³/mol. The van der Waals surface area contributed by atoms with Crippen LogP contribution in [0.25, 0.3) is 11.3 Å². The van der Waals surface area contributed by atoms with Gasteiger partial charge in [-0.2, -0.15) is 0 Å². The van der Waals surface area contributed by atoms with E-state index in [1.165, 1.54) is 61.8 Å². The van der Waals surface area contributed by atoms with E-state index in [2.05, 4.69) is 5.32 Å². The fraction of sp³-hybridized carbons (Fsp3) is 0.158. The summed E-state index contributed by atoms with van der Waals surface area (Å²) in [6.07, 6.45) is 1.33. The SMILES string of the molecule is [2H]C([2H])([2H])NCc1cc(-c2cccc(F)c2)n(S(=O)(=O)c2ccc(OC)cc2)c1. The van der Waals surface area contributed by atoms with Crippen LogP contribution in [0.4, 0.5) is 4.39 Å². The van der Waals surface area contributed by atoms with Crippen LogP contribution in [0.2, 0.25) is 0 Å². The molecule has 26 heavy (non-hydrogen) atoms. The van der Waals surface area contributed by atoms with Crippen LogP contribution in [0.15, 0.2) is 65.7 Å². The zero-order valence-corrected chi connectivity index (χ0v) is 14.8. The summed E-state index contributed by atoms with van der Waals surface area (Å²) >= 11 is 0. The fourth-order valence-electron chi connectivity index (χ4n) is 2.61. The highest BCUT2D eigenvalue weighted by Gasteiger charge is 2.22. The molecule has 7 heteroatoms. The molecule has 0 aliphatic rings. The summed E-state index contributed by atoms with van der Waals surface area (Å²) in [6, 6.07) is 12.9. The Morgan fingerprint density at radius 3 is 2.62 bits per heavy atom. The van der Waals surface area contributed by atoms with E-state index < -0.39 is 22.8 Å². The third kappa shape index (κ3) is 3.49. The molecule has 5 nitrogen and oxygen atoms in total. The van der Waals surface area contributed by atoms with Gasteiger partial charge in [-0.1, -0.05) is 12.1 Å². The second kappa shape index (κ2) is 7.31. The molecule has 3 aromatic rings. The van der Waals surface area contributed by atoms with Crippen molar-refractivity contribution in [3.05, 3.63) is 72.2 Å². The molecule has 0 fully saturated rings. The monoisotopic (exact) mass is 377 g/mol. The van der Waals surface area contributed by atoms with Crippen molar-refractivity contribution in [3.8, 4) is 17.0 Å². The first-order chi connectivity index (χ1) is 13.6. The van der Waals surface area contributed by atoms with Crippen LogP contribution in [0, 0.1) is 5.82 Å². The van der Waals surface area contributed by atoms with Gasteiger partial charge in [0.25, 0.3) is 10.0 Å². The summed E-state index contributed by atoms with van der Waals surface area (Å²) < 4.78 is 68.1. The molecule has 1 N–H and O–H groups in total. The maximum atomic E-state index is 13.7. The van der Waals surface area contributed by atoms with Crippen molar-refractivity contribution in [2.45, 2.75) is 11.4 Å². The van der Waals surface area contributed by atoms with Gasteiger partial charge in [-0.15, -0.1) is 0 Å². The standard InChI is InChI=1S/C19H19FN2O3S/c1-21-12-14-10-19(15-4-3-5-16(20)11-15)22(13-14)26(23,24)18-8-6-17(25-2)7-9-18/h3-11,13,21H,12H2,1-2H3/i1D3. The van der Waals surface area contributed by atoms with E-state index >= 15 is 0 Å². The molecule has 3 rings (SSSR count). The van der Waals surface area contributed by atoms with Gasteiger partial charge in [0, 0.05) is 22.4 Å². The second-order valence-corrected chi connectivity index (χ2v) is 7.39. The van der Waals surface area contributed by atoms with Gasteiger partial charge in [0.05, 0.1) is 17.7 Å². The van der Waals surface area contributed by atoms with E-state index in [-0.39, 0.29) is 17.1 Å². The Hall–Kier alpha value is -2.64. The first kappa shape index (κ1) is 14.5. The Morgan fingerprint density at radius 2 is 1.96 bits per heavy atom. The first-order valence-electron chi connectivity index (χ1n) is 9.22. The number of aromatic nitrogens is 1. The minimum atomic E-state index is -4.02. The smallest absolute Gasteiger partial charge is 0.268 e. The zero-order chi connectivity index (χ0) is 21.2. The topological polar surface area (TPSA) is 60.3 Å². The maximum Gasteiger partial charge on any atom is 0.268 e. The number of nitrogens with one attached hydrogen (secondary N) is 1. The Kier molecular flexibility index (Phi) is 4.08. The van der Waals surface area contributed by atoms with Crippen molar-refractivity contribution in [2.75, 3.05) is 14.1 Å². The lowest BCUT2D eigenvalue weighted by Crippen LogP contribution is -2.13. The van der Waals surface area contributed by atoms with Crippen molar-refractivity contribution in [1.82, 2.24) is 9.29 Å². The number of methoxy groups -OCH3 is 1. The molecule has 0 aliphatic heterocycles. The van der Waals surface area contributed by atoms with E-state index in [1.54, 1.807) is 6.07 Å². The zero-order valence-electron chi connectivity index (χ0n) is 16.9. The van der Waals surface area contributed by atoms with Crippen LogP contribution in [0.5, 0.6) is 5.75 Å². The molecule has 1 aromatic heterocycles. The number of hydrogen-bond acceptors (Lipinski definition) is 4. The quantitative estimate of drug-likeness (QED) is 0.716. The van der Waals surface area contributed by atoms with Gasteiger partial charge < -0.3 is 10.1 Å². The minimum Gasteiger partial charge on any atom is -0.497 e. The summed E-state index contributed by atoms with van der Waals surface area (Å²) in [5.41, 5.74) is 1.00. The van der Waals surface area contributed by atoms with Gasteiger partial charge in [0.15, 0.2) is 0 Å². The highest BCUT2D eigenvalue weighted by Crippen LogP contribution is 2.28. The lowest BCUT2D eigenvalue weighted by molar-refractivity contribution is 0.414. The molecule has 0 atom stereocenters. The Bertz CT molecular complexity index is 1110. The van der Waals surface area contributed by atoms with E-state index in [4.69, 9.17) is 8.85 Å². The lowest BCUT2D eigenvalue weighted by Gasteiger charge is -2.11. The average molecular weight is 377 g/mol. The molecule has 0 radical (unpaired) electrons. The van der Waals surface area contributed by atoms with E-state index in [0.717, 1.165) is 3.97 Å². The molecule has 136 valence electrons. The highest BCUT2D eigenvalue weighted by molar-refractivity contribution is 7.90. The van der Waals surface area contributed by atoms with Crippen molar-refractivity contribution in [3.63, 3.8) is 0 Å². The molecule has 0 amide bonds. The third-order valence-corrected chi connectivity index (χ3v) is 5.56. The summed E-state index contributed by atoms with van der Waals surface area (Å²) in [5.74, 6) is -0.0105. The van der Waals surface area contributed by atoms with Gasteiger partial charge in [0.1, 0.15) is 11.6 Å². The molecule has 0 unspecified atom stereocenters. The predicted octanol–water partition coefficient (Wildman–Crippen LogP) is 3.26. The number of rotatable bonds is 6. The molecule has 0 spiro atoms. The van der Waals surface area contributed by atoms with Crippen molar-refractivity contribution in [1.29, 1.82) is 0 Å². The van der Waals surface area contributed by atoms with Crippen molar-refractivity contribution >= 4 is 10.0 Å². The molecular weight excluding hydrogens is 355 g/mol. The van der Waals surface area contributed by atoms with Crippen LogP contribution >= 0.6 is 0 Å². The molecule has 0 saturated heterocycles. The minimum absolute atomic E-state index is 0.0156. The van der Waals surface area contributed by atoms with E-state index in [9.17, 15) is 12.8 Å². The molecular formula is C19H19FN2O3S. The summed E-state index contributed by atoms with van der Waals surface area (Å²) in [6.45, 7) is -2.46. The number of halogens is 1. The first-order valence-corrected chi connectivity index (χ1v) is 9.16. The number of benzene rings is 2. The summed E-state index contributed by atoms with van der Waals surface area (Å²) in [5, 5.41) is 2.35. The molecule has 0 saturated carbocycles. The average Bonchev–Trinajstić information content (AvgIpc) is 3.11. The van der Waals surface area contributed by atoms with Crippen molar-refractivity contribution < 1.29 is 21.7 Å². The summed E-state index contributed by atoms with van der Waals surface area (Å²) in [7, 11) is -2.54. The Labute approximate surface area is 156 Å². The van der Waals surface area contributed by atoms with Gasteiger partial charge in [-0.05, 0) is 55.0 Å². The van der Waals surface area contributed by atoms with Crippen LogP contribution < -0.4 is 10.1 Å². The normalized spacial score (nSPS) is 13.7. The summed E-state index contributed by atoms with van der Waals surface area (Å²) in [4.78, 5) is 0.0156. The van der Waals surface area contributed by atoms with Gasteiger partial charge >= 0.3 is 0 Å². The molecule has 0 bridgehead atoms. The van der Waals surface area contributed by atoms with Crippen molar-refractivity contribution in [2.24, 2.45) is 0 Å². The largest absolute Gasteiger partial charge is 0.497 e. The molecule has 1 heterocycles. The van der Waals surface area contributed by atoms with Gasteiger partial charge in [-0.25, -0.2) is 16.8 Å². The lowest BCUT2D eigenvalue weighted by atomic mass is 10.1. The van der Waals surface area contributed by atoms with E-state index in [1.807, 2.05) is 0 Å². The van der Waals surface area contributed by atoms with Crippen LogP contribution in [0.1, 0.15) is 9.68 Å². The van der Waals surface area contributed by atoms with Gasteiger partial charge in [-0.3, -0.25) is 0 Å². The Morgan fingerprint density at radius 1 is 1.19 bits per heavy atom. The third-order valence-electron chi connectivity index (χ3n) is 3.87. The van der Waals surface area contributed by atoms with Crippen LogP contribution in [0.3, 0.4) is 0 Å². The van der Waals surface area contributed by atoms with Crippen LogP contribution in [-0.2, 0) is 16.6 Å². The number of ether oxygens (including phenoxy) is 1. The van der Waals surface area contributed by atoms with Crippen LogP contribution in [-0.4, -0.2) is 26.5 Å².